The average Bonchev–Trinajstić information content (AvgIpc) is 2.82. The van der Waals surface area contributed by atoms with Gasteiger partial charge in [-0.3, -0.25) is 14.9 Å². The average molecular weight is 540 g/mol. The quantitative estimate of drug-likeness (QED) is 0.312. The van der Waals surface area contributed by atoms with Crippen molar-refractivity contribution in [3.8, 4) is 5.75 Å². The Morgan fingerprint density at radius 3 is 2.50 bits per heavy atom. The number of urea groups is 1. The maximum Gasteiger partial charge on any atom is 0.335 e. The van der Waals surface area contributed by atoms with Gasteiger partial charge < -0.3 is 4.74 Å². The largest absolute Gasteiger partial charge is 0.488 e. The first-order valence-electron chi connectivity index (χ1n) is 10.5. The van der Waals surface area contributed by atoms with E-state index in [1.165, 1.54) is 6.08 Å². The van der Waals surface area contributed by atoms with Gasteiger partial charge in [-0.05, 0) is 60.0 Å². The molecule has 34 heavy (non-hydrogen) atoms. The zero-order valence-electron chi connectivity index (χ0n) is 18.2. The van der Waals surface area contributed by atoms with E-state index in [-0.39, 0.29) is 12.2 Å². The molecule has 0 aliphatic carbocycles. The molecule has 0 atom stereocenters. The van der Waals surface area contributed by atoms with Gasteiger partial charge in [-0.1, -0.05) is 64.8 Å². The maximum atomic E-state index is 13.3. The Balaban J connectivity index is 1.68. The first-order valence-corrected chi connectivity index (χ1v) is 11.7. The van der Waals surface area contributed by atoms with Crippen LogP contribution in [0.1, 0.15) is 23.6 Å². The molecule has 0 spiro atoms. The topological polar surface area (TPSA) is 75.7 Å². The number of barbiturate groups is 1. The standard InChI is InChI=1S/C26H20BrClN2O4/c1-2-17-5-3-4-6-22(17)30-25(32)21(24(31)29-26(30)33)14-18-13-20(28)11-12-23(18)34-15-16-7-9-19(27)10-8-16/h3-14H,2,15H2,1H3,(H,29,31,33)/b21-14-. The predicted molar refractivity (Wildman–Crippen MR) is 135 cm³/mol. The van der Waals surface area contributed by atoms with E-state index in [9.17, 15) is 14.4 Å². The molecule has 1 aliphatic heterocycles. The molecule has 1 N–H and O–H groups in total. The highest BCUT2D eigenvalue weighted by Crippen LogP contribution is 2.30. The molecule has 3 aromatic carbocycles. The van der Waals surface area contributed by atoms with Crippen molar-refractivity contribution >= 4 is 57.1 Å². The van der Waals surface area contributed by atoms with Crippen LogP contribution in [0, 0.1) is 0 Å². The van der Waals surface area contributed by atoms with Crippen LogP contribution < -0.4 is 15.0 Å². The number of hydrogen-bond acceptors (Lipinski definition) is 4. The van der Waals surface area contributed by atoms with Gasteiger partial charge in [-0.15, -0.1) is 0 Å². The Labute approximate surface area is 210 Å². The fourth-order valence-corrected chi connectivity index (χ4v) is 4.01. The highest BCUT2D eigenvalue weighted by Gasteiger charge is 2.37. The van der Waals surface area contributed by atoms with Crippen molar-refractivity contribution in [2.45, 2.75) is 20.0 Å². The summed E-state index contributed by atoms with van der Waals surface area (Å²) in [5, 5.41) is 2.67. The van der Waals surface area contributed by atoms with Gasteiger partial charge in [0, 0.05) is 15.1 Å². The van der Waals surface area contributed by atoms with Gasteiger partial charge >= 0.3 is 6.03 Å². The second-order valence-corrected chi connectivity index (χ2v) is 8.89. The zero-order valence-corrected chi connectivity index (χ0v) is 20.5. The molecule has 1 aliphatic rings. The minimum absolute atomic E-state index is 0.193. The smallest absolute Gasteiger partial charge is 0.335 e. The SMILES string of the molecule is CCc1ccccc1N1C(=O)NC(=O)/C(=C/c2cc(Cl)ccc2OCc2ccc(Br)cc2)C1=O. The molecule has 0 bridgehead atoms. The zero-order chi connectivity index (χ0) is 24.2. The van der Waals surface area contributed by atoms with Crippen molar-refractivity contribution in [3.63, 3.8) is 0 Å². The van der Waals surface area contributed by atoms with Crippen LogP contribution in [-0.2, 0) is 22.6 Å². The molecule has 1 saturated heterocycles. The van der Waals surface area contributed by atoms with E-state index in [0.717, 1.165) is 20.5 Å². The van der Waals surface area contributed by atoms with Crippen LogP contribution in [-0.4, -0.2) is 17.8 Å². The highest BCUT2D eigenvalue weighted by atomic mass is 79.9. The first-order chi connectivity index (χ1) is 16.4. The number of rotatable bonds is 6. The lowest BCUT2D eigenvalue weighted by molar-refractivity contribution is -0.122. The maximum absolute atomic E-state index is 13.3. The molecular weight excluding hydrogens is 520 g/mol. The molecule has 3 aromatic rings. The number of ether oxygens (including phenoxy) is 1. The van der Waals surface area contributed by atoms with Crippen molar-refractivity contribution in [3.05, 3.63) is 98.5 Å². The summed E-state index contributed by atoms with van der Waals surface area (Å²) < 4.78 is 6.91. The van der Waals surface area contributed by atoms with E-state index in [2.05, 4.69) is 21.2 Å². The molecule has 8 heteroatoms. The molecule has 6 nitrogen and oxygen atoms in total. The normalized spacial score (nSPS) is 15.0. The number of aryl methyl sites for hydroxylation is 1. The second kappa shape index (κ2) is 10.2. The Kier molecular flexibility index (Phi) is 7.14. The molecule has 4 rings (SSSR count). The summed E-state index contributed by atoms with van der Waals surface area (Å²) in [6.45, 7) is 2.20. The lowest BCUT2D eigenvalue weighted by atomic mass is 10.0. The van der Waals surface area contributed by atoms with Crippen LogP contribution in [0.25, 0.3) is 6.08 Å². The number of amides is 4. The Hall–Kier alpha value is -3.42. The molecule has 0 aromatic heterocycles. The van der Waals surface area contributed by atoms with E-state index in [4.69, 9.17) is 16.3 Å². The van der Waals surface area contributed by atoms with Gasteiger partial charge in [0.2, 0.25) is 0 Å². The predicted octanol–water partition coefficient (Wildman–Crippen LogP) is 5.91. The summed E-state index contributed by atoms with van der Waals surface area (Å²) in [4.78, 5) is 39.5. The van der Waals surface area contributed by atoms with Crippen LogP contribution in [0.15, 0.2) is 76.8 Å². The van der Waals surface area contributed by atoms with Gasteiger partial charge in [0.15, 0.2) is 0 Å². The van der Waals surface area contributed by atoms with Crippen LogP contribution in [0.3, 0.4) is 0 Å². The number of nitrogens with zero attached hydrogens (tertiary/aromatic N) is 1. The summed E-state index contributed by atoms with van der Waals surface area (Å²) in [6.07, 6.45) is 2.01. The van der Waals surface area contributed by atoms with Crippen molar-refractivity contribution in [1.29, 1.82) is 0 Å². The van der Waals surface area contributed by atoms with Crippen molar-refractivity contribution in [1.82, 2.24) is 5.32 Å². The number of para-hydroxylation sites is 1. The van der Waals surface area contributed by atoms with Crippen molar-refractivity contribution < 1.29 is 19.1 Å². The van der Waals surface area contributed by atoms with Crippen molar-refractivity contribution in [2.75, 3.05) is 4.90 Å². The van der Waals surface area contributed by atoms with E-state index in [1.54, 1.807) is 30.3 Å². The fourth-order valence-electron chi connectivity index (χ4n) is 3.56. The lowest BCUT2D eigenvalue weighted by Gasteiger charge is -2.28. The number of halogens is 2. The van der Waals surface area contributed by atoms with Gasteiger partial charge in [0.05, 0.1) is 5.69 Å². The minimum Gasteiger partial charge on any atom is -0.488 e. The number of nitrogens with one attached hydrogen (secondary N) is 1. The molecule has 0 radical (unpaired) electrons. The summed E-state index contributed by atoms with van der Waals surface area (Å²) >= 11 is 9.59. The third-order valence-corrected chi connectivity index (χ3v) is 6.06. The number of benzene rings is 3. The molecule has 4 amide bonds. The fraction of sp³-hybridized carbons (Fsp3) is 0.115. The number of anilines is 1. The molecule has 0 saturated carbocycles. The number of carbonyl (C=O) groups excluding carboxylic acids is 3. The molecule has 1 fully saturated rings. The monoisotopic (exact) mass is 538 g/mol. The summed E-state index contributed by atoms with van der Waals surface area (Å²) in [6, 6.07) is 18.9. The molecule has 0 unspecified atom stereocenters. The van der Waals surface area contributed by atoms with Gasteiger partial charge in [0.25, 0.3) is 11.8 Å². The summed E-state index contributed by atoms with van der Waals surface area (Å²) in [5.74, 6) is -1.05. The second-order valence-electron chi connectivity index (χ2n) is 7.54. The highest BCUT2D eigenvalue weighted by molar-refractivity contribution is 9.10. The number of hydrogen-bond donors (Lipinski definition) is 1. The third-order valence-electron chi connectivity index (χ3n) is 5.29. The lowest BCUT2D eigenvalue weighted by Crippen LogP contribution is -2.54. The number of imide groups is 2. The summed E-state index contributed by atoms with van der Waals surface area (Å²) in [5.41, 5.74) is 2.43. The van der Waals surface area contributed by atoms with E-state index in [1.807, 2.05) is 43.3 Å². The van der Waals surface area contributed by atoms with E-state index in [0.29, 0.717) is 28.4 Å². The van der Waals surface area contributed by atoms with E-state index < -0.39 is 17.8 Å². The van der Waals surface area contributed by atoms with Crippen LogP contribution in [0.4, 0.5) is 10.5 Å². The van der Waals surface area contributed by atoms with Crippen LogP contribution >= 0.6 is 27.5 Å². The Morgan fingerprint density at radius 1 is 1.03 bits per heavy atom. The third kappa shape index (κ3) is 5.05. The molecule has 172 valence electrons. The Morgan fingerprint density at radius 2 is 1.76 bits per heavy atom. The minimum atomic E-state index is -0.786. The first kappa shape index (κ1) is 23.7. The van der Waals surface area contributed by atoms with Gasteiger partial charge in [-0.25, -0.2) is 9.69 Å². The number of carbonyl (C=O) groups is 3. The summed E-state index contributed by atoms with van der Waals surface area (Å²) in [7, 11) is 0. The van der Waals surface area contributed by atoms with Crippen LogP contribution in [0.5, 0.6) is 5.75 Å². The Bertz CT molecular complexity index is 1300. The van der Waals surface area contributed by atoms with Gasteiger partial charge in [-0.2, -0.15) is 0 Å². The van der Waals surface area contributed by atoms with Crippen LogP contribution in [0.2, 0.25) is 5.02 Å². The van der Waals surface area contributed by atoms with E-state index >= 15 is 0 Å². The molecular formula is C26H20BrClN2O4. The van der Waals surface area contributed by atoms with Crippen molar-refractivity contribution in [2.24, 2.45) is 0 Å². The molecule has 1 heterocycles. The van der Waals surface area contributed by atoms with Gasteiger partial charge in [0.1, 0.15) is 17.9 Å².